The number of hydrogen-bond donors (Lipinski definition) is 8. The Morgan fingerprint density at radius 2 is 1.80 bits per heavy atom. The largest absolute Gasteiger partial charge is 0.493 e. The van der Waals surface area contributed by atoms with Crippen LogP contribution < -0.4 is 10.3 Å². The number of aromatic hydroxyl groups is 2. The molecule has 15 nitrogen and oxygen atoms in total. The van der Waals surface area contributed by atoms with Gasteiger partial charge in [0.2, 0.25) is 17.5 Å². The Morgan fingerprint density at radius 1 is 1.07 bits per heavy atom. The first-order chi connectivity index (χ1) is 21.5. The molecule has 1 amide bonds. The molecule has 8 N–H and O–H groups in total. The van der Waals surface area contributed by atoms with Gasteiger partial charge < -0.3 is 50.2 Å². The third-order valence-electron chi connectivity index (χ3n) is 8.80. The van der Waals surface area contributed by atoms with Crippen molar-refractivity contribution >= 4 is 50.4 Å². The number of ether oxygens (including phenoxy) is 1. The molecule has 0 saturated carbocycles. The number of aliphatic hydroxyl groups excluding tert-OH is 4. The van der Waals surface area contributed by atoms with E-state index in [9.17, 15) is 45.0 Å². The van der Waals surface area contributed by atoms with Crippen molar-refractivity contribution in [1.82, 2.24) is 14.6 Å². The van der Waals surface area contributed by atoms with Crippen LogP contribution in [-0.4, -0.2) is 127 Å². The van der Waals surface area contributed by atoms with Crippen molar-refractivity contribution < 1.29 is 49.8 Å². The number of nitrogens with one attached hydrogen (secondary N) is 2. The molecule has 45 heavy (non-hydrogen) atoms. The van der Waals surface area contributed by atoms with Crippen LogP contribution in [0.15, 0.2) is 30.4 Å². The average Bonchev–Trinajstić information content (AvgIpc) is 3.62. The number of fused-ring (bicyclic) bond motifs is 10. The minimum absolute atomic E-state index is 0.0513. The molecular formula is C30H31N5O10. The van der Waals surface area contributed by atoms with Gasteiger partial charge in [-0.15, -0.1) is 0 Å². The summed E-state index contributed by atoms with van der Waals surface area (Å²) in [5, 5.41) is 66.1. The predicted octanol–water partition coefficient (Wildman–Crippen LogP) is -1.03. The first kappa shape index (κ1) is 29.2. The lowest BCUT2D eigenvalue weighted by Crippen LogP contribution is -2.65. The highest BCUT2D eigenvalue weighted by Crippen LogP contribution is 2.57. The van der Waals surface area contributed by atoms with Crippen LogP contribution in [0.3, 0.4) is 0 Å². The van der Waals surface area contributed by atoms with Gasteiger partial charge in [0.1, 0.15) is 30.5 Å². The number of aromatic nitrogens is 2. The first-order valence-electron chi connectivity index (χ1n) is 14.3. The fourth-order valence-corrected chi connectivity index (χ4v) is 6.94. The second-order valence-corrected chi connectivity index (χ2v) is 11.8. The number of aliphatic hydroxyl groups is 4. The van der Waals surface area contributed by atoms with Gasteiger partial charge in [-0.2, -0.15) is 4.68 Å². The second-order valence-electron chi connectivity index (χ2n) is 11.8. The molecule has 236 valence electrons. The fourth-order valence-electron chi connectivity index (χ4n) is 6.94. The summed E-state index contributed by atoms with van der Waals surface area (Å²) >= 11 is 0. The van der Waals surface area contributed by atoms with Crippen molar-refractivity contribution in [3.05, 3.63) is 47.2 Å². The summed E-state index contributed by atoms with van der Waals surface area (Å²) in [6.07, 6.45) is -0.265. The molecule has 0 bridgehead atoms. The Balaban J connectivity index is 1.58. The molecular weight excluding hydrogens is 590 g/mol. The number of likely N-dealkylation sites (N-methyl/N-ethyl adjacent to an activating group) is 1. The van der Waals surface area contributed by atoms with Crippen molar-refractivity contribution in [2.75, 3.05) is 37.6 Å². The maximum atomic E-state index is 13.6. The minimum atomic E-state index is -1.77. The van der Waals surface area contributed by atoms with Gasteiger partial charge in [0, 0.05) is 10.9 Å². The Morgan fingerprint density at radius 3 is 2.51 bits per heavy atom. The van der Waals surface area contributed by atoms with Gasteiger partial charge >= 0.3 is 0 Å². The topological polar surface area (TPSA) is 221 Å². The number of benzene rings is 1. The SMILES string of the molecule is CN(C)CC(=O)Nn1c(O)c2c3c(c4[nH]c5c(c4c2c1O)CC=CC5=O)N(C1OC(CO)C(O)C(O)C1O)C1C(=O)C=CC=C31. The van der Waals surface area contributed by atoms with Gasteiger partial charge in [0.25, 0.3) is 5.91 Å². The molecule has 1 fully saturated rings. The van der Waals surface area contributed by atoms with Crippen molar-refractivity contribution in [1.29, 1.82) is 0 Å². The zero-order chi connectivity index (χ0) is 32.1. The van der Waals surface area contributed by atoms with Crippen LogP contribution in [0.2, 0.25) is 0 Å². The maximum absolute atomic E-state index is 13.6. The zero-order valence-corrected chi connectivity index (χ0v) is 24.1. The molecule has 0 spiro atoms. The molecule has 15 heteroatoms. The van der Waals surface area contributed by atoms with Gasteiger partial charge in [-0.05, 0) is 43.8 Å². The number of carbonyl (C=O) groups is 3. The summed E-state index contributed by atoms with van der Waals surface area (Å²) in [4.78, 5) is 45.6. The summed E-state index contributed by atoms with van der Waals surface area (Å²) in [7, 11) is 3.35. The van der Waals surface area contributed by atoms with E-state index >= 15 is 0 Å². The monoisotopic (exact) mass is 621 g/mol. The van der Waals surface area contributed by atoms with E-state index in [2.05, 4.69) is 10.4 Å². The second kappa shape index (κ2) is 10.3. The predicted molar refractivity (Wildman–Crippen MR) is 159 cm³/mol. The number of amides is 1. The molecule has 6 unspecified atom stereocenters. The molecule has 4 aliphatic rings. The Labute approximate surface area is 254 Å². The number of H-pyrrole nitrogens is 1. The number of rotatable bonds is 5. The lowest BCUT2D eigenvalue weighted by atomic mass is 9.90. The van der Waals surface area contributed by atoms with E-state index in [4.69, 9.17) is 4.74 Å². The fraction of sp³-hybridized carbons (Fsp3) is 0.367. The molecule has 2 aromatic heterocycles. The molecule has 7 rings (SSSR count). The Hall–Kier alpha value is -4.51. The van der Waals surface area contributed by atoms with Gasteiger partial charge in [-0.1, -0.05) is 18.2 Å². The third kappa shape index (κ3) is 4.02. The smallest absolute Gasteiger partial charge is 0.253 e. The van der Waals surface area contributed by atoms with Crippen LogP contribution in [-0.2, 0) is 20.7 Å². The first-order valence-corrected chi connectivity index (χ1v) is 14.3. The van der Waals surface area contributed by atoms with E-state index in [0.29, 0.717) is 16.5 Å². The van der Waals surface area contributed by atoms with E-state index in [1.165, 1.54) is 23.1 Å². The highest BCUT2D eigenvalue weighted by Gasteiger charge is 2.53. The number of ketones is 2. The number of allylic oxidation sites excluding steroid dienone is 4. The number of anilines is 1. The Kier molecular flexibility index (Phi) is 6.66. The summed E-state index contributed by atoms with van der Waals surface area (Å²) in [6, 6.07) is -1.18. The van der Waals surface area contributed by atoms with E-state index < -0.39 is 66.7 Å². The number of hydrogen-bond acceptors (Lipinski definition) is 12. The van der Waals surface area contributed by atoms with Crippen LogP contribution in [0.5, 0.6) is 11.8 Å². The molecule has 1 aromatic carbocycles. The van der Waals surface area contributed by atoms with Crippen LogP contribution >= 0.6 is 0 Å². The quantitative estimate of drug-likeness (QED) is 0.171. The van der Waals surface area contributed by atoms with Crippen molar-refractivity contribution in [2.45, 2.75) is 43.1 Å². The lowest BCUT2D eigenvalue weighted by molar-refractivity contribution is -0.229. The van der Waals surface area contributed by atoms with Crippen LogP contribution in [0.4, 0.5) is 5.69 Å². The minimum Gasteiger partial charge on any atom is -0.493 e. The van der Waals surface area contributed by atoms with E-state index in [-0.39, 0.29) is 52.0 Å². The van der Waals surface area contributed by atoms with Crippen LogP contribution in [0.1, 0.15) is 21.6 Å². The van der Waals surface area contributed by atoms with Gasteiger partial charge in [0.15, 0.2) is 12.0 Å². The number of nitrogens with zero attached hydrogens (tertiary/aromatic N) is 3. The Bertz CT molecular complexity index is 1900. The summed E-state index contributed by atoms with van der Waals surface area (Å²) in [5.41, 5.74) is 4.22. The molecule has 3 aromatic rings. The number of aromatic amines is 1. The van der Waals surface area contributed by atoms with Crippen LogP contribution in [0.25, 0.3) is 27.2 Å². The molecule has 2 aliphatic carbocycles. The highest BCUT2D eigenvalue weighted by molar-refractivity contribution is 6.29. The van der Waals surface area contributed by atoms with E-state index in [1.54, 1.807) is 31.1 Å². The van der Waals surface area contributed by atoms with Gasteiger partial charge in [0.05, 0.1) is 40.8 Å². The summed E-state index contributed by atoms with van der Waals surface area (Å²) in [5.74, 6) is -2.43. The standard InChI is InChI=1S/C30H31N5O10/c1-33(2)9-16(39)32-35-28(43)19-17-11-5-3-7-13(37)21(11)31-22(17)24-18(20(19)29(35)44)12-6-4-8-14(38)23(12)34(24)30-27(42)26(41)25(40)15(10-36)45-30/h3-4,6-8,15,23,25-27,30-31,36,40-44H,5,9-10H2,1-2H3,(H,32,39). The van der Waals surface area contributed by atoms with Gasteiger partial charge in [-0.3, -0.25) is 19.8 Å². The zero-order valence-electron chi connectivity index (χ0n) is 24.1. The normalized spacial score (nSPS) is 27.4. The lowest BCUT2D eigenvalue weighted by Gasteiger charge is -2.46. The van der Waals surface area contributed by atoms with Crippen molar-refractivity contribution in [3.63, 3.8) is 0 Å². The maximum Gasteiger partial charge on any atom is 0.253 e. The third-order valence-corrected chi connectivity index (χ3v) is 8.80. The molecule has 0 radical (unpaired) electrons. The van der Waals surface area contributed by atoms with Crippen molar-refractivity contribution in [3.8, 4) is 11.8 Å². The van der Waals surface area contributed by atoms with E-state index in [1.807, 2.05) is 0 Å². The molecule has 1 saturated heterocycles. The van der Waals surface area contributed by atoms with Crippen LogP contribution in [0, 0.1) is 0 Å². The average molecular weight is 622 g/mol. The van der Waals surface area contributed by atoms with Gasteiger partial charge in [-0.25, -0.2) is 0 Å². The molecule has 6 atom stereocenters. The summed E-state index contributed by atoms with van der Waals surface area (Å²) < 4.78 is 6.78. The number of carbonyl (C=O) groups excluding carboxylic acids is 3. The van der Waals surface area contributed by atoms with E-state index in [0.717, 1.165) is 4.68 Å². The highest BCUT2D eigenvalue weighted by atomic mass is 16.6. The molecule has 4 heterocycles. The molecule has 2 aliphatic heterocycles. The summed E-state index contributed by atoms with van der Waals surface area (Å²) in [6.45, 7) is -0.782. The van der Waals surface area contributed by atoms with Crippen molar-refractivity contribution in [2.24, 2.45) is 0 Å².